The van der Waals surface area contributed by atoms with Gasteiger partial charge in [-0.1, -0.05) is 40.5 Å². The van der Waals surface area contributed by atoms with Crippen LogP contribution in [-0.4, -0.2) is 0 Å². The second-order valence-corrected chi connectivity index (χ2v) is 6.53. The van der Waals surface area contributed by atoms with Gasteiger partial charge >= 0.3 is 0 Å². The Morgan fingerprint density at radius 1 is 1.00 bits per heavy atom. The molecule has 15 heavy (non-hydrogen) atoms. The van der Waals surface area contributed by atoms with Crippen LogP contribution in [0.1, 0.15) is 59.8 Å². The molecule has 0 nitrogen and oxygen atoms in total. The Balaban J connectivity index is 2.12. The zero-order valence-corrected chi connectivity index (χ0v) is 11.0. The summed E-state index contributed by atoms with van der Waals surface area (Å²) in [5, 5.41) is 0. The van der Waals surface area contributed by atoms with Gasteiger partial charge in [-0.3, -0.25) is 0 Å². The molecule has 6 atom stereocenters. The second-order valence-electron chi connectivity index (χ2n) is 6.53. The van der Waals surface area contributed by atoms with E-state index in [1.54, 1.807) is 0 Å². The van der Waals surface area contributed by atoms with E-state index in [2.05, 4.69) is 27.7 Å². The summed E-state index contributed by atoms with van der Waals surface area (Å²) in [6.07, 6.45) is 7.42. The van der Waals surface area contributed by atoms with Crippen LogP contribution in [0.4, 0.5) is 0 Å². The van der Waals surface area contributed by atoms with E-state index < -0.39 is 0 Å². The molecule has 2 aliphatic carbocycles. The molecule has 2 bridgehead atoms. The maximum Gasteiger partial charge on any atom is -0.0352 e. The highest BCUT2D eigenvalue weighted by atomic mass is 14.5. The molecule has 0 heterocycles. The summed E-state index contributed by atoms with van der Waals surface area (Å²) in [7, 11) is 0. The van der Waals surface area contributed by atoms with Gasteiger partial charge in [0.2, 0.25) is 0 Å². The van der Waals surface area contributed by atoms with Crippen molar-refractivity contribution in [2.75, 3.05) is 0 Å². The predicted octanol–water partition coefficient (Wildman–Crippen LogP) is 4.74. The number of hydrogen-bond donors (Lipinski definition) is 0. The van der Waals surface area contributed by atoms with Crippen molar-refractivity contribution in [2.24, 2.45) is 35.5 Å². The SMILES string of the molecule is CCCC1C(C)CC2CC(C)CC1C2C. The van der Waals surface area contributed by atoms with E-state index in [0.29, 0.717) is 0 Å². The fraction of sp³-hybridized carbons (Fsp3) is 1.00. The molecule has 0 aromatic heterocycles. The van der Waals surface area contributed by atoms with Crippen LogP contribution in [0.3, 0.4) is 0 Å². The van der Waals surface area contributed by atoms with Crippen molar-refractivity contribution in [1.29, 1.82) is 0 Å². The van der Waals surface area contributed by atoms with Gasteiger partial charge in [-0.25, -0.2) is 0 Å². The number of fused-ring (bicyclic) bond motifs is 2. The van der Waals surface area contributed by atoms with E-state index in [-0.39, 0.29) is 0 Å². The van der Waals surface area contributed by atoms with Crippen LogP contribution in [0.15, 0.2) is 0 Å². The highest BCUT2D eigenvalue weighted by molar-refractivity contribution is 4.93. The van der Waals surface area contributed by atoms with Crippen molar-refractivity contribution in [3.63, 3.8) is 0 Å². The van der Waals surface area contributed by atoms with E-state index in [1.807, 2.05) is 0 Å². The molecule has 0 heteroatoms. The van der Waals surface area contributed by atoms with Gasteiger partial charge < -0.3 is 0 Å². The molecule has 0 saturated heterocycles. The zero-order valence-electron chi connectivity index (χ0n) is 11.0. The summed E-state index contributed by atoms with van der Waals surface area (Å²) in [5.41, 5.74) is 0. The first-order chi connectivity index (χ1) is 7.13. The van der Waals surface area contributed by atoms with Crippen LogP contribution in [-0.2, 0) is 0 Å². The Kier molecular flexibility index (Phi) is 3.42. The van der Waals surface area contributed by atoms with E-state index in [9.17, 15) is 0 Å². The topological polar surface area (TPSA) is 0 Å². The molecule has 2 saturated carbocycles. The van der Waals surface area contributed by atoms with Crippen molar-refractivity contribution in [1.82, 2.24) is 0 Å². The van der Waals surface area contributed by atoms with Crippen LogP contribution in [0, 0.1) is 35.5 Å². The largest absolute Gasteiger partial charge is 0.0654 e. The molecule has 2 rings (SSSR count). The first kappa shape index (κ1) is 11.5. The van der Waals surface area contributed by atoms with Crippen molar-refractivity contribution in [2.45, 2.75) is 59.8 Å². The molecular weight excluding hydrogens is 180 g/mol. The van der Waals surface area contributed by atoms with Crippen molar-refractivity contribution < 1.29 is 0 Å². The third-order valence-corrected chi connectivity index (χ3v) is 5.38. The zero-order chi connectivity index (χ0) is 11.0. The fourth-order valence-electron chi connectivity index (χ4n) is 4.64. The van der Waals surface area contributed by atoms with Crippen LogP contribution in [0.2, 0.25) is 0 Å². The summed E-state index contributed by atoms with van der Waals surface area (Å²) in [6, 6.07) is 0. The minimum atomic E-state index is 1.00. The lowest BCUT2D eigenvalue weighted by Crippen LogP contribution is -2.42. The van der Waals surface area contributed by atoms with Gasteiger partial charge in [0, 0.05) is 0 Å². The Morgan fingerprint density at radius 3 is 2.40 bits per heavy atom. The summed E-state index contributed by atoms with van der Waals surface area (Å²) in [5.74, 6) is 6.19. The molecule has 0 N–H and O–H groups in total. The average molecular weight is 208 g/mol. The van der Waals surface area contributed by atoms with Crippen LogP contribution in [0.5, 0.6) is 0 Å². The van der Waals surface area contributed by atoms with Gasteiger partial charge in [0.05, 0.1) is 0 Å². The van der Waals surface area contributed by atoms with E-state index >= 15 is 0 Å². The quantitative estimate of drug-likeness (QED) is 0.615. The first-order valence-corrected chi connectivity index (χ1v) is 7.13. The van der Waals surface area contributed by atoms with E-state index in [4.69, 9.17) is 0 Å². The molecule has 0 aliphatic heterocycles. The molecule has 2 fully saturated rings. The molecule has 2 aliphatic rings. The van der Waals surface area contributed by atoms with E-state index in [1.165, 1.54) is 32.1 Å². The van der Waals surface area contributed by atoms with Crippen molar-refractivity contribution in [3.8, 4) is 0 Å². The average Bonchev–Trinajstić information content (AvgIpc) is 2.17. The highest BCUT2D eigenvalue weighted by Gasteiger charge is 2.43. The monoisotopic (exact) mass is 208 g/mol. The van der Waals surface area contributed by atoms with Crippen molar-refractivity contribution in [3.05, 3.63) is 0 Å². The summed E-state index contributed by atoms with van der Waals surface area (Å²) < 4.78 is 0. The van der Waals surface area contributed by atoms with Crippen molar-refractivity contribution >= 4 is 0 Å². The molecule has 6 unspecified atom stereocenters. The maximum absolute atomic E-state index is 2.54. The first-order valence-electron chi connectivity index (χ1n) is 7.13. The third-order valence-electron chi connectivity index (χ3n) is 5.38. The lowest BCUT2D eigenvalue weighted by Gasteiger charge is -2.51. The molecule has 0 radical (unpaired) electrons. The molecule has 0 spiro atoms. The van der Waals surface area contributed by atoms with Gasteiger partial charge in [-0.05, 0) is 54.8 Å². The van der Waals surface area contributed by atoms with E-state index in [0.717, 1.165) is 35.5 Å². The molecule has 0 amide bonds. The van der Waals surface area contributed by atoms with Gasteiger partial charge in [0.25, 0.3) is 0 Å². The van der Waals surface area contributed by atoms with Crippen LogP contribution in [0.25, 0.3) is 0 Å². The smallest absolute Gasteiger partial charge is 0.0352 e. The standard InChI is InChI=1S/C15H28/c1-5-6-14-11(3)9-13-7-10(2)8-15(14)12(13)4/h10-15H,5-9H2,1-4H3. The summed E-state index contributed by atoms with van der Waals surface area (Å²) in [6.45, 7) is 9.89. The molecule has 0 aromatic rings. The Morgan fingerprint density at radius 2 is 1.73 bits per heavy atom. The lowest BCUT2D eigenvalue weighted by molar-refractivity contribution is -0.0123. The minimum Gasteiger partial charge on any atom is -0.0654 e. The summed E-state index contributed by atoms with van der Waals surface area (Å²) >= 11 is 0. The third kappa shape index (κ3) is 2.10. The van der Waals surface area contributed by atoms with Gasteiger partial charge in [-0.2, -0.15) is 0 Å². The minimum absolute atomic E-state index is 1.00. The van der Waals surface area contributed by atoms with Gasteiger partial charge in [0.1, 0.15) is 0 Å². The molecular formula is C15H28. The van der Waals surface area contributed by atoms with Crippen LogP contribution < -0.4 is 0 Å². The normalized spacial score (nSPS) is 50.4. The number of hydrogen-bond acceptors (Lipinski definition) is 0. The predicted molar refractivity (Wildman–Crippen MR) is 66.7 cm³/mol. The Hall–Kier alpha value is 0. The molecule has 0 aromatic carbocycles. The van der Waals surface area contributed by atoms with Gasteiger partial charge in [-0.15, -0.1) is 0 Å². The Labute approximate surface area is 95.8 Å². The lowest BCUT2D eigenvalue weighted by atomic mass is 9.55. The Bertz CT molecular complexity index is 208. The second kappa shape index (κ2) is 4.47. The van der Waals surface area contributed by atoms with Crippen LogP contribution >= 0.6 is 0 Å². The summed E-state index contributed by atoms with van der Waals surface area (Å²) in [4.78, 5) is 0. The van der Waals surface area contributed by atoms with Gasteiger partial charge in [0.15, 0.2) is 0 Å². The number of rotatable bonds is 2. The molecule has 88 valence electrons. The maximum atomic E-state index is 2.54. The fourth-order valence-corrected chi connectivity index (χ4v) is 4.64. The highest BCUT2D eigenvalue weighted by Crippen LogP contribution is 2.52.